The van der Waals surface area contributed by atoms with Crippen LogP contribution in [0.25, 0.3) is 0 Å². The summed E-state index contributed by atoms with van der Waals surface area (Å²) in [5, 5.41) is 7.22. The third-order valence-corrected chi connectivity index (χ3v) is 1.51. The van der Waals surface area contributed by atoms with E-state index in [1.165, 1.54) is 0 Å². The average molecular weight is 139 g/mol. The summed E-state index contributed by atoms with van der Waals surface area (Å²) >= 11 is 0. The SMILES string of the molecule is CNC(C)Cn1cccn1. The van der Waals surface area contributed by atoms with E-state index in [0.717, 1.165) is 6.54 Å². The van der Waals surface area contributed by atoms with Gasteiger partial charge in [0.1, 0.15) is 0 Å². The fraction of sp³-hybridized carbons (Fsp3) is 0.571. The molecule has 0 bridgehead atoms. The first-order chi connectivity index (χ1) is 4.83. The molecule has 1 N–H and O–H groups in total. The highest BCUT2D eigenvalue weighted by atomic mass is 15.3. The zero-order valence-electron chi connectivity index (χ0n) is 6.41. The number of likely N-dealkylation sites (N-methyl/N-ethyl adjacent to an activating group) is 1. The molecule has 1 heterocycles. The molecule has 1 unspecified atom stereocenters. The van der Waals surface area contributed by atoms with Gasteiger partial charge in [-0.25, -0.2) is 0 Å². The summed E-state index contributed by atoms with van der Waals surface area (Å²) in [4.78, 5) is 0. The fourth-order valence-corrected chi connectivity index (χ4v) is 0.780. The van der Waals surface area contributed by atoms with Gasteiger partial charge >= 0.3 is 0 Å². The largest absolute Gasteiger partial charge is 0.315 e. The van der Waals surface area contributed by atoms with Crippen LogP contribution in [0.1, 0.15) is 6.92 Å². The van der Waals surface area contributed by atoms with Crippen molar-refractivity contribution in [2.45, 2.75) is 19.5 Å². The molecule has 1 aromatic rings. The van der Waals surface area contributed by atoms with Gasteiger partial charge < -0.3 is 5.32 Å². The maximum Gasteiger partial charge on any atom is 0.0559 e. The van der Waals surface area contributed by atoms with Crippen molar-refractivity contribution < 1.29 is 0 Å². The topological polar surface area (TPSA) is 29.9 Å². The van der Waals surface area contributed by atoms with Crippen molar-refractivity contribution in [3.63, 3.8) is 0 Å². The molecule has 1 atom stereocenters. The van der Waals surface area contributed by atoms with Crippen molar-refractivity contribution in [3.05, 3.63) is 18.5 Å². The molecule has 0 saturated heterocycles. The van der Waals surface area contributed by atoms with Gasteiger partial charge in [0, 0.05) is 18.4 Å². The predicted octanol–water partition coefficient (Wildman–Crippen LogP) is 0.491. The molecule has 1 rings (SSSR count). The third kappa shape index (κ3) is 1.84. The summed E-state index contributed by atoms with van der Waals surface area (Å²) in [5.41, 5.74) is 0. The molecule has 0 amide bonds. The molecule has 0 aliphatic rings. The Morgan fingerprint density at radius 3 is 3.00 bits per heavy atom. The molecule has 0 fully saturated rings. The monoisotopic (exact) mass is 139 g/mol. The lowest BCUT2D eigenvalue weighted by molar-refractivity contribution is 0.481. The van der Waals surface area contributed by atoms with Crippen LogP contribution in [0, 0.1) is 0 Å². The molecular weight excluding hydrogens is 126 g/mol. The first-order valence-corrected chi connectivity index (χ1v) is 3.47. The Morgan fingerprint density at radius 1 is 1.70 bits per heavy atom. The lowest BCUT2D eigenvalue weighted by atomic mass is 10.3. The molecule has 0 saturated carbocycles. The smallest absolute Gasteiger partial charge is 0.0559 e. The minimum Gasteiger partial charge on any atom is -0.315 e. The van der Waals surface area contributed by atoms with E-state index in [1.54, 1.807) is 6.20 Å². The standard InChI is InChI=1S/C7H13N3/c1-7(8-2)6-10-5-3-4-9-10/h3-5,7-8H,6H2,1-2H3. The maximum atomic E-state index is 4.08. The van der Waals surface area contributed by atoms with E-state index in [4.69, 9.17) is 0 Å². The highest BCUT2D eigenvalue weighted by Crippen LogP contribution is 1.88. The molecule has 1 aromatic heterocycles. The number of rotatable bonds is 3. The maximum absolute atomic E-state index is 4.08. The van der Waals surface area contributed by atoms with E-state index in [0.29, 0.717) is 6.04 Å². The Bertz CT molecular complexity index is 169. The summed E-state index contributed by atoms with van der Waals surface area (Å²) in [7, 11) is 1.95. The fourth-order valence-electron chi connectivity index (χ4n) is 0.780. The van der Waals surface area contributed by atoms with E-state index >= 15 is 0 Å². The highest BCUT2D eigenvalue weighted by molar-refractivity contribution is 4.78. The molecule has 0 aliphatic carbocycles. The Balaban J connectivity index is 2.40. The van der Waals surface area contributed by atoms with Crippen LogP contribution in [0.15, 0.2) is 18.5 Å². The van der Waals surface area contributed by atoms with Crippen LogP contribution in [-0.4, -0.2) is 22.9 Å². The molecule has 0 spiro atoms. The zero-order chi connectivity index (χ0) is 7.40. The van der Waals surface area contributed by atoms with Crippen molar-refractivity contribution >= 4 is 0 Å². The molecule has 56 valence electrons. The van der Waals surface area contributed by atoms with Crippen molar-refractivity contribution in [2.75, 3.05) is 7.05 Å². The van der Waals surface area contributed by atoms with Gasteiger partial charge in [0.25, 0.3) is 0 Å². The Kier molecular flexibility index (Phi) is 2.45. The van der Waals surface area contributed by atoms with Crippen molar-refractivity contribution in [1.29, 1.82) is 0 Å². The van der Waals surface area contributed by atoms with Crippen molar-refractivity contribution in [3.8, 4) is 0 Å². The van der Waals surface area contributed by atoms with Gasteiger partial charge in [-0.1, -0.05) is 0 Å². The molecular formula is C7H13N3. The Labute approximate surface area is 61.0 Å². The summed E-state index contributed by atoms with van der Waals surface area (Å²) < 4.78 is 1.92. The van der Waals surface area contributed by atoms with E-state index in [-0.39, 0.29) is 0 Å². The van der Waals surface area contributed by atoms with Crippen LogP contribution >= 0.6 is 0 Å². The number of hydrogen-bond acceptors (Lipinski definition) is 2. The van der Waals surface area contributed by atoms with E-state index in [9.17, 15) is 0 Å². The van der Waals surface area contributed by atoms with Gasteiger partial charge in [0.15, 0.2) is 0 Å². The quantitative estimate of drug-likeness (QED) is 0.660. The second kappa shape index (κ2) is 3.37. The zero-order valence-corrected chi connectivity index (χ0v) is 6.41. The molecule has 3 nitrogen and oxygen atoms in total. The van der Waals surface area contributed by atoms with Gasteiger partial charge in [-0.15, -0.1) is 0 Å². The first kappa shape index (κ1) is 7.28. The molecule has 3 heteroatoms. The normalized spacial score (nSPS) is 13.4. The molecule has 0 aromatic carbocycles. The van der Waals surface area contributed by atoms with Gasteiger partial charge in [-0.2, -0.15) is 5.10 Å². The van der Waals surface area contributed by atoms with Crippen molar-refractivity contribution in [1.82, 2.24) is 15.1 Å². The number of nitrogens with zero attached hydrogens (tertiary/aromatic N) is 2. The second-order valence-corrected chi connectivity index (χ2v) is 2.42. The van der Waals surface area contributed by atoms with E-state index < -0.39 is 0 Å². The highest BCUT2D eigenvalue weighted by Gasteiger charge is 1.97. The Hall–Kier alpha value is -0.830. The third-order valence-electron chi connectivity index (χ3n) is 1.51. The van der Waals surface area contributed by atoms with Gasteiger partial charge in [0.2, 0.25) is 0 Å². The summed E-state index contributed by atoms with van der Waals surface area (Å²) in [6.45, 7) is 3.06. The predicted molar refractivity (Wildman–Crippen MR) is 40.7 cm³/mol. The number of aromatic nitrogens is 2. The van der Waals surface area contributed by atoms with Crippen molar-refractivity contribution in [2.24, 2.45) is 0 Å². The lowest BCUT2D eigenvalue weighted by Crippen LogP contribution is -2.26. The van der Waals surface area contributed by atoms with Crippen LogP contribution in [0.3, 0.4) is 0 Å². The van der Waals surface area contributed by atoms with Crippen LogP contribution in [0.2, 0.25) is 0 Å². The summed E-state index contributed by atoms with van der Waals surface area (Å²) in [6.07, 6.45) is 3.76. The van der Waals surface area contributed by atoms with Gasteiger partial charge in [-0.05, 0) is 20.0 Å². The lowest BCUT2D eigenvalue weighted by Gasteiger charge is -2.08. The number of hydrogen-bond donors (Lipinski definition) is 1. The second-order valence-electron chi connectivity index (χ2n) is 2.42. The molecule has 10 heavy (non-hydrogen) atoms. The van der Waals surface area contributed by atoms with E-state index in [1.807, 2.05) is 24.0 Å². The number of nitrogens with one attached hydrogen (secondary N) is 1. The minimum absolute atomic E-state index is 0.486. The van der Waals surface area contributed by atoms with Crippen LogP contribution in [0.4, 0.5) is 0 Å². The first-order valence-electron chi connectivity index (χ1n) is 3.47. The van der Waals surface area contributed by atoms with Crippen LogP contribution in [-0.2, 0) is 6.54 Å². The van der Waals surface area contributed by atoms with Gasteiger partial charge in [-0.3, -0.25) is 4.68 Å². The molecule has 0 aliphatic heterocycles. The van der Waals surface area contributed by atoms with Gasteiger partial charge in [0.05, 0.1) is 6.54 Å². The average Bonchev–Trinajstić information content (AvgIpc) is 2.40. The van der Waals surface area contributed by atoms with Crippen LogP contribution < -0.4 is 5.32 Å². The summed E-state index contributed by atoms with van der Waals surface area (Å²) in [6, 6.07) is 2.42. The van der Waals surface area contributed by atoms with E-state index in [2.05, 4.69) is 17.3 Å². The Morgan fingerprint density at radius 2 is 2.50 bits per heavy atom. The molecule has 0 radical (unpaired) electrons. The minimum atomic E-state index is 0.486. The summed E-state index contributed by atoms with van der Waals surface area (Å²) in [5.74, 6) is 0. The van der Waals surface area contributed by atoms with Crippen LogP contribution in [0.5, 0.6) is 0 Å².